The number of fused-ring (bicyclic) bond motifs is 1. The van der Waals surface area contributed by atoms with E-state index in [0.717, 1.165) is 0 Å². The average molecular weight is 373 g/mol. The maximum Gasteiger partial charge on any atom is 0.339 e. The van der Waals surface area contributed by atoms with Gasteiger partial charge in [0.15, 0.2) is 11.5 Å². The Morgan fingerprint density at radius 2 is 1.75 bits per heavy atom. The van der Waals surface area contributed by atoms with Crippen LogP contribution in [0.1, 0.15) is 48.5 Å². The fourth-order valence-corrected chi connectivity index (χ4v) is 3.90. The number of carbonyl (C=O) groups excluding carboxylic acids is 2. The predicted octanol–water partition coefficient (Wildman–Crippen LogP) is 4.34. The zero-order valence-corrected chi connectivity index (χ0v) is 15.2. The van der Waals surface area contributed by atoms with Gasteiger partial charge in [0.25, 0.3) is 5.79 Å². The third kappa shape index (κ3) is 2.64. The molecule has 1 atom stereocenters. The van der Waals surface area contributed by atoms with Crippen LogP contribution >= 0.6 is 23.2 Å². The summed E-state index contributed by atoms with van der Waals surface area (Å²) in [6.45, 7) is 3.54. The Morgan fingerprint density at radius 3 is 2.33 bits per heavy atom. The van der Waals surface area contributed by atoms with Gasteiger partial charge in [-0.2, -0.15) is 0 Å². The number of Topliss-reactive ketones (excluding diaryl/α,β-unsaturated/α-hetero) is 1. The summed E-state index contributed by atoms with van der Waals surface area (Å²) >= 11 is 12.5. The van der Waals surface area contributed by atoms with Gasteiger partial charge in [0.05, 0.1) is 17.7 Å². The number of ketones is 1. The molecule has 3 rings (SSSR count). The Morgan fingerprint density at radius 1 is 1.17 bits per heavy atom. The van der Waals surface area contributed by atoms with E-state index < -0.39 is 11.8 Å². The van der Waals surface area contributed by atoms with Gasteiger partial charge in [-0.15, -0.1) is 0 Å². The lowest BCUT2D eigenvalue weighted by Gasteiger charge is -2.34. The molecular weight excluding hydrogens is 355 g/mol. The van der Waals surface area contributed by atoms with Crippen LogP contribution in [0.4, 0.5) is 0 Å². The molecule has 1 unspecified atom stereocenters. The minimum Gasteiger partial charge on any atom is -0.465 e. The van der Waals surface area contributed by atoms with Crippen molar-refractivity contribution in [2.45, 2.75) is 45.3 Å². The molecule has 5 nitrogen and oxygen atoms in total. The van der Waals surface area contributed by atoms with Gasteiger partial charge in [-0.1, -0.05) is 23.2 Å². The summed E-state index contributed by atoms with van der Waals surface area (Å²) in [5.74, 6) is -0.456. The standard InChI is InChI=1S/C17H18Cl2O5/c1-8-11(16(21)22-3)12(18)13(19)15-14(8)23-17(2,24-15)9-4-6-10(20)7-5-9/h9H,4-7H2,1-3H3. The third-order valence-corrected chi connectivity index (χ3v) is 5.65. The molecule has 0 saturated heterocycles. The normalized spacial score (nSPS) is 23.5. The van der Waals surface area contributed by atoms with Crippen LogP contribution in [-0.4, -0.2) is 24.6 Å². The molecule has 0 amide bonds. The Labute approximate surface area is 150 Å². The highest BCUT2D eigenvalue weighted by Crippen LogP contribution is 2.54. The zero-order valence-electron chi connectivity index (χ0n) is 13.7. The predicted molar refractivity (Wildman–Crippen MR) is 89.2 cm³/mol. The van der Waals surface area contributed by atoms with Gasteiger partial charge < -0.3 is 14.2 Å². The largest absolute Gasteiger partial charge is 0.465 e. The first-order valence-electron chi connectivity index (χ1n) is 7.78. The molecule has 7 heteroatoms. The quantitative estimate of drug-likeness (QED) is 0.722. The first-order chi connectivity index (χ1) is 11.3. The lowest BCUT2D eigenvalue weighted by Crippen LogP contribution is -2.44. The molecule has 0 radical (unpaired) electrons. The highest BCUT2D eigenvalue weighted by atomic mass is 35.5. The summed E-state index contributed by atoms with van der Waals surface area (Å²) in [6.07, 6.45) is 2.42. The highest BCUT2D eigenvalue weighted by molar-refractivity contribution is 6.45. The topological polar surface area (TPSA) is 61.8 Å². The minimum atomic E-state index is -0.935. The van der Waals surface area contributed by atoms with E-state index in [9.17, 15) is 9.59 Å². The van der Waals surface area contributed by atoms with Crippen molar-refractivity contribution in [2.75, 3.05) is 7.11 Å². The van der Waals surface area contributed by atoms with E-state index in [1.807, 2.05) is 6.92 Å². The molecule has 130 valence electrons. The van der Waals surface area contributed by atoms with Crippen molar-refractivity contribution in [3.63, 3.8) is 0 Å². The van der Waals surface area contributed by atoms with Crippen LogP contribution in [0.2, 0.25) is 10.0 Å². The number of carbonyl (C=O) groups is 2. The lowest BCUT2D eigenvalue weighted by molar-refractivity contribution is -0.135. The monoisotopic (exact) mass is 372 g/mol. The van der Waals surface area contributed by atoms with Gasteiger partial charge in [0.2, 0.25) is 0 Å². The van der Waals surface area contributed by atoms with Crippen molar-refractivity contribution in [1.29, 1.82) is 0 Å². The average Bonchev–Trinajstić information content (AvgIpc) is 2.93. The SMILES string of the molecule is COC(=O)c1c(C)c2c(c(Cl)c1Cl)OC(C)(C1CCC(=O)CC1)O2. The van der Waals surface area contributed by atoms with E-state index in [2.05, 4.69) is 0 Å². The maximum absolute atomic E-state index is 12.0. The second-order valence-electron chi connectivity index (χ2n) is 6.31. The molecule has 1 heterocycles. The molecule has 0 aromatic heterocycles. The molecular formula is C17H18Cl2O5. The summed E-state index contributed by atoms with van der Waals surface area (Å²) < 4.78 is 16.9. The second kappa shape index (κ2) is 6.12. The summed E-state index contributed by atoms with van der Waals surface area (Å²) in [5.41, 5.74) is 0.705. The zero-order chi connectivity index (χ0) is 17.6. The Balaban J connectivity index is 2.00. The van der Waals surface area contributed by atoms with Gasteiger partial charge in [0.1, 0.15) is 10.8 Å². The van der Waals surface area contributed by atoms with E-state index in [-0.39, 0.29) is 27.3 Å². The van der Waals surface area contributed by atoms with Crippen LogP contribution in [0.25, 0.3) is 0 Å². The Bertz CT molecular complexity index is 720. The smallest absolute Gasteiger partial charge is 0.339 e. The van der Waals surface area contributed by atoms with Crippen molar-refractivity contribution >= 4 is 35.0 Å². The number of esters is 1. The van der Waals surface area contributed by atoms with E-state index in [0.29, 0.717) is 42.7 Å². The molecule has 0 N–H and O–H groups in total. The maximum atomic E-state index is 12.0. The first kappa shape index (κ1) is 17.4. The molecule has 0 spiro atoms. The van der Waals surface area contributed by atoms with Gasteiger partial charge in [0, 0.05) is 31.2 Å². The van der Waals surface area contributed by atoms with E-state index in [4.69, 9.17) is 37.4 Å². The van der Waals surface area contributed by atoms with Crippen LogP contribution in [0.3, 0.4) is 0 Å². The molecule has 1 aromatic carbocycles. The summed E-state index contributed by atoms with van der Waals surface area (Å²) in [6, 6.07) is 0. The number of methoxy groups -OCH3 is 1. The molecule has 1 aliphatic heterocycles. The number of hydrogen-bond acceptors (Lipinski definition) is 5. The summed E-state index contributed by atoms with van der Waals surface area (Å²) in [7, 11) is 1.28. The van der Waals surface area contributed by atoms with E-state index in [1.165, 1.54) is 7.11 Å². The van der Waals surface area contributed by atoms with Crippen LogP contribution in [0, 0.1) is 12.8 Å². The van der Waals surface area contributed by atoms with E-state index >= 15 is 0 Å². The van der Waals surface area contributed by atoms with Crippen LogP contribution in [0.15, 0.2) is 0 Å². The third-order valence-electron chi connectivity index (χ3n) is 4.82. The number of ether oxygens (including phenoxy) is 3. The fraction of sp³-hybridized carbons (Fsp3) is 0.529. The van der Waals surface area contributed by atoms with Crippen molar-refractivity contribution in [3.05, 3.63) is 21.2 Å². The molecule has 1 saturated carbocycles. The lowest BCUT2D eigenvalue weighted by atomic mass is 9.83. The van der Waals surface area contributed by atoms with Crippen molar-refractivity contribution < 1.29 is 23.8 Å². The van der Waals surface area contributed by atoms with Crippen LogP contribution < -0.4 is 9.47 Å². The van der Waals surface area contributed by atoms with Crippen molar-refractivity contribution in [2.24, 2.45) is 5.92 Å². The molecule has 0 bridgehead atoms. The number of rotatable bonds is 2. The molecule has 2 aliphatic rings. The first-order valence-corrected chi connectivity index (χ1v) is 8.53. The van der Waals surface area contributed by atoms with Crippen LogP contribution in [-0.2, 0) is 9.53 Å². The summed E-state index contributed by atoms with van der Waals surface area (Å²) in [5, 5.41) is 0.222. The number of halogens is 2. The fourth-order valence-electron chi connectivity index (χ4n) is 3.37. The van der Waals surface area contributed by atoms with Crippen LogP contribution in [0.5, 0.6) is 11.5 Å². The van der Waals surface area contributed by atoms with Gasteiger partial charge >= 0.3 is 5.97 Å². The van der Waals surface area contributed by atoms with Gasteiger partial charge in [-0.05, 0) is 19.8 Å². The minimum absolute atomic E-state index is 0.0541. The molecule has 1 aliphatic carbocycles. The van der Waals surface area contributed by atoms with Crippen molar-refractivity contribution in [3.8, 4) is 11.5 Å². The number of benzene rings is 1. The molecule has 1 aromatic rings. The van der Waals surface area contributed by atoms with Gasteiger partial charge in [-0.3, -0.25) is 4.79 Å². The van der Waals surface area contributed by atoms with E-state index in [1.54, 1.807) is 6.92 Å². The highest BCUT2D eigenvalue weighted by Gasteiger charge is 2.48. The Kier molecular flexibility index (Phi) is 4.43. The molecule has 24 heavy (non-hydrogen) atoms. The number of hydrogen-bond donors (Lipinski definition) is 0. The Hall–Kier alpha value is -1.46. The van der Waals surface area contributed by atoms with Gasteiger partial charge in [-0.25, -0.2) is 4.79 Å². The van der Waals surface area contributed by atoms with Crippen molar-refractivity contribution in [1.82, 2.24) is 0 Å². The summed E-state index contributed by atoms with van der Waals surface area (Å²) in [4.78, 5) is 23.5. The molecule has 1 fully saturated rings. The second-order valence-corrected chi connectivity index (χ2v) is 7.07.